The third kappa shape index (κ3) is 4.54. The van der Waals surface area contributed by atoms with Crippen LogP contribution >= 0.6 is 0 Å². The number of nitrogens with zero attached hydrogens (tertiary/aromatic N) is 2. The van der Waals surface area contributed by atoms with Crippen LogP contribution in [0.25, 0.3) is 0 Å². The van der Waals surface area contributed by atoms with Crippen LogP contribution in [0.15, 0.2) is 67.0 Å². The van der Waals surface area contributed by atoms with Crippen LogP contribution in [0.1, 0.15) is 51.4 Å². The molecule has 0 aliphatic carbocycles. The summed E-state index contributed by atoms with van der Waals surface area (Å²) in [7, 11) is 0. The topological polar surface area (TPSA) is 42.4 Å². The zero-order valence-corrected chi connectivity index (χ0v) is 17.7. The van der Waals surface area contributed by atoms with E-state index in [2.05, 4.69) is 35.3 Å². The van der Waals surface area contributed by atoms with Crippen molar-refractivity contribution in [1.82, 2.24) is 9.88 Å². The summed E-state index contributed by atoms with van der Waals surface area (Å²) < 4.78 is 6.03. The van der Waals surface area contributed by atoms with Gasteiger partial charge in [-0.25, -0.2) is 0 Å². The second-order valence-electron chi connectivity index (χ2n) is 8.07. The number of carbonyl (C=O) groups is 1. The smallest absolute Gasteiger partial charge is 0.253 e. The molecular formula is C26H28N2O2. The van der Waals surface area contributed by atoms with E-state index in [1.54, 1.807) is 6.20 Å². The molecule has 1 fully saturated rings. The zero-order chi connectivity index (χ0) is 20.9. The van der Waals surface area contributed by atoms with Crippen molar-refractivity contribution in [2.75, 3.05) is 13.1 Å². The zero-order valence-electron chi connectivity index (χ0n) is 17.7. The third-order valence-electron chi connectivity index (χ3n) is 5.87. The second kappa shape index (κ2) is 9.12. The number of benzene rings is 2. The van der Waals surface area contributed by atoms with E-state index in [0.29, 0.717) is 12.5 Å². The minimum absolute atomic E-state index is 0.117. The van der Waals surface area contributed by atoms with Gasteiger partial charge in [0.1, 0.15) is 12.4 Å². The number of carbonyl (C=O) groups excluding carboxylic acids is 1. The molecule has 0 N–H and O–H groups in total. The lowest BCUT2D eigenvalue weighted by Gasteiger charge is -2.32. The summed E-state index contributed by atoms with van der Waals surface area (Å²) in [5, 5.41) is 0. The van der Waals surface area contributed by atoms with Gasteiger partial charge in [0.2, 0.25) is 0 Å². The van der Waals surface area contributed by atoms with E-state index < -0.39 is 0 Å². The van der Waals surface area contributed by atoms with E-state index in [-0.39, 0.29) is 5.91 Å². The maximum absolute atomic E-state index is 13.1. The van der Waals surface area contributed by atoms with E-state index in [9.17, 15) is 4.79 Å². The molecule has 1 saturated heterocycles. The quantitative estimate of drug-likeness (QED) is 0.584. The number of piperidine rings is 1. The van der Waals surface area contributed by atoms with E-state index in [1.807, 2.05) is 49.2 Å². The van der Waals surface area contributed by atoms with Gasteiger partial charge in [-0.2, -0.15) is 0 Å². The number of likely N-dealkylation sites (tertiary alicyclic amines) is 1. The van der Waals surface area contributed by atoms with Crippen molar-refractivity contribution >= 4 is 5.91 Å². The van der Waals surface area contributed by atoms with Crippen molar-refractivity contribution in [3.63, 3.8) is 0 Å². The van der Waals surface area contributed by atoms with Crippen molar-refractivity contribution in [2.24, 2.45) is 0 Å². The molecule has 0 atom stereocenters. The van der Waals surface area contributed by atoms with Crippen molar-refractivity contribution < 1.29 is 9.53 Å². The van der Waals surface area contributed by atoms with Crippen LogP contribution in [0, 0.1) is 13.8 Å². The minimum atomic E-state index is 0.117. The molecule has 2 heterocycles. The number of aromatic nitrogens is 1. The second-order valence-corrected chi connectivity index (χ2v) is 8.07. The molecule has 0 bridgehead atoms. The summed E-state index contributed by atoms with van der Waals surface area (Å²) >= 11 is 0. The third-order valence-corrected chi connectivity index (χ3v) is 5.87. The summed E-state index contributed by atoms with van der Waals surface area (Å²) in [4.78, 5) is 19.2. The monoisotopic (exact) mass is 400 g/mol. The Balaban J connectivity index is 1.41. The van der Waals surface area contributed by atoms with Crippen LogP contribution in [0.2, 0.25) is 0 Å². The first-order chi connectivity index (χ1) is 14.6. The first-order valence-corrected chi connectivity index (χ1v) is 10.6. The van der Waals surface area contributed by atoms with Gasteiger partial charge in [0.05, 0.1) is 0 Å². The van der Waals surface area contributed by atoms with Crippen LogP contribution < -0.4 is 4.74 Å². The maximum atomic E-state index is 13.1. The number of hydrogen-bond acceptors (Lipinski definition) is 3. The van der Waals surface area contributed by atoms with Crippen LogP contribution in [0.3, 0.4) is 0 Å². The SMILES string of the molecule is Cc1cc(C(=O)N2CCC(c3ccccc3)CC2)cc(C)c1OCc1cccnc1. The summed E-state index contributed by atoms with van der Waals surface area (Å²) in [6.45, 7) is 6.08. The van der Waals surface area contributed by atoms with Crippen LogP contribution in [0.5, 0.6) is 5.75 Å². The fourth-order valence-corrected chi connectivity index (χ4v) is 4.26. The van der Waals surface area contributed by atoms with E-state index in [4.69, 9.17) is 4.74 Å². The van der Waals surface area contributed by atoms with Gasteiger partial charge in [-0.05, 0) is 67.5 Å². The highest BCUT2D eigenvalue weighted by Crippen LogP contribution is 2.30. The van der Waals surface area contributed by atoms with Gasteiger partial charge >= 0.3 is 0 Å². The number of rotatable bonds is 5. The number of ether oxygens (including phenoxy) is 1. The predicted molar refractivity (Wildman–Crippen MR) is 119 cm³/mol. The highest BCUT2D eigenvalue weighted by molar-refractivity contribution is 5.95. The number of amides is 1. The first-order valence-electron chi connectivity index (χ1n) is 10.6. The van der Waals surface area contributed by atoms with Gasteiger partial charge < -0.3 is 9.64 Å². The van der Waals surface area contributed by atoms with Gasteiger partial charge in [0, 0.05) is 36.6 Å². The maximum Gasteiger partial charge on any atom is 0.253 e. The highest BCUT2D eigenvalue weighted by atomic mass is 16.5. The lowest BCUT2D eigenvalue weighted by atomic mass is 9.89. The first kappa shape index (κ1) is 20.1. The molecule has 0 unspecified atom stereocenters. The Morgan fingerprint density at radius 3 is 2.37 bits per heavy atom. The summed E-state index contributed by atoms with van der Waals surface area (Å²) in [5.41, 5.74) is 5.13. The molecule has 2 aromatic carbocycles. The molecule has 1 aromatic heterocycles. The number of hydrogen-bond donors (Lipinski definition) is 0. The van der Waals surface area contributed by atoms with Gasteiger partial charge in [0.25, 0.3) is 5.91 Å². The summed E-state index contributed by atoms with van der Waals surface area (Å²) in [5.74, 6) is 1.51. The normalized spacial score (nSPS) is 14.5. The van der Waals surface area contributed by atoms with E-state index in [0.717, 1.165) is 53.9 Å². The lowest BCUT2D eigenvalue weighted by molar-refractivity contribution is 0.0712. The Hall–Kier alpha value is -3.14. The fraction of sp³-hybridized carbons (Fsp3) is 0.308. The van der Waals surface area contributed by atoms with Crippen molar-refractivity contribution in [2.45, 2.75) is 39.2 Å². The molecule has 4 rings (SSSR count). The Bertz CT molecular complexity index is 971. The summed E-state index contributed by atoms with van der Waals surface area (Å²) in [6, 6.07) is 18.4. The van der Waals surface area contributed by atoms with Crippen molar-refractivity contribution in [3.8, 4) is 5.75 Å². The molecule has 0 radical (unpaired) electrons. The molecule has 30 heavy (non-hydrogen) atoms. The van der Waals surface area contributed by atoms with Crippen LogP contribution in [-0.4, -0.2) is 28.9 Å². The minimum Gasteiger partial charge on any atom is -0.488 e. The number of aryl methyl sites for hydroxylation is 2. The molecule has 1 aliphatic rings. The molecule has 0 spiro atoms. The molecular weight excluding hydrogens is 372 g/mol. The van der Waals surface area contributed by atoms with Crippen LogP contribution in [0.4, 0.5) is 0 Å². The summed E-state index contributed by atoms with van der Waals surface area (Å²) in [6.07, 6.45) is 5.59. The average Bonchev–Trinajstić information content (AvgIpc) is 2.79. The average molecular weight is 401 g/mol. The molecule has 4 nitrogen and oxygen atoms in total. The van der Waals surface area contributed by atoms with E-state index >= 15 is 0 Å². The van der Waals surface area contributed by atoms with Crippen molar-refractivity contribution in [3.05, 3.63) is 94.8 Å². The lowest BCUT2D eigenvalue weighted by Crippen LogP contribution is -2.38. The Labute approximate surface area is 178 Å². The van der Waals surface area contributed by atoms with Gasteiger partial charge in [-0.1, -0.05) is 36.4 Å². The molecule has 0 saturated carbocycles. The fourth-order valence-electron chi connectivity index (χ4n) is 4.26. The highest BCUT2D eigenvalue weighted by Gasteiger charge is 2.25. The van der Waals surface area contributed by atoms with E-state index in [1.165, 1.54) is 5.56 Å². The molecule has 4 heteroatoms. The molecule has 1 amide bonds. The predicted octanol–water partition coefficient (Wildman–Crippen LogP) is 5.30. The largest absolute Gasteiger partial charge is 0.488 e. The number of pyridine rings is 1. The standard InChI is InChI=1S/C26H28N2O2/c1-19-15-24(16-20(2)25(19)30-18-21-7-6-12-27-17-21)26(29)28-13-10-23(11-14-28)22-8-4-3-5-9-22/h3-9,12,15-17,23H,10-11,13-14,18H2,1-2H3. The van der Waals surface area contributed by atoms with Gasteiger partial charge in [0.15, 0.2) is 0 Å². The van der Waals surface area contributed by atoms with Crippen molar-refractivity contribution in [1.29, 1.82) is 0 Å². The molecule has 154 valence electrons. The molecule has 1 aliphatic heterocycles. The molecule has 3 aromatic rings. The Kier molecular flexibility index (Phi) is 6.12. The van der Waals surface area contributed by atoms with Gasteiger partial charge in [-0.3, -0.25) is 9.78 Å². The Morgan fingerprint density at radius 1 is 1.03 bits per heavy atom. The van der Waals surface area contributed by atoms with Crippen LogP contribution in [-0.2, 0) is 6.61 Å². The van der Waals surface area contributed by atoms with Gasteiger partial charge in [-0.15, -0.1) is 0 Å². The Morgan fingerprint density at radius 2 is 1.73 bits per heavy atom.